The molecule has 6 nitrogen and oxygen atoms in total. The molecule has 1 unspecified atom stereocenters. The normalized spacial score (nSPS) is 18.5. The van der Waals surface area contributed by atoms with Crippen LogP contribution in [-0.2, 0) is 13.0 Å². The van der Waals surface area contributed by atoms with Crippen LogP contribution in [0.15, 0.2) is 42.5 Å². The summed E-state index contributed by atoms with van der Waals surface area (Å²) in [6.45, 7) is 8.96. The molecule has 0 aromatic heterocycles. The van der Waals surface area contributed by atoms with E-state index < -0.39 is 6.10 Å². The molecule has 0 spiro atoms. The number of piperazine rings is 1. The highest BCUT2D eigenvalue weighted by molar-refractivity contribution is 5.59. The van der Waals surface area contributed by atoms with Gasteiger partial charge in [-0.05, 0) is 43.0 Å². The van der Waals surface area contributed by atoms with Crippen molar-refractivity contribution in [3.05, 3.63) is 59.4 Å². The third-order valence-electron chi connectivity index (χ3n) is 7.34. The number of hydrogen-bond donors (Lipinski definition) is 3. The maximum atomic E-state index is 14.0. The van der Waals surface area contributed by atoms with Crippen LogP contribution in [0.4, 0.5) is 10.1 Å². The summed E-state index contributed by atoms with van der Waals surface area (Å²) in [6, 6.07) is 13.3. The van der Waals surface area contributed by atoms with Gasteiger partial charge in [-0.1, -0.05) is 24.3 Å². The van der Waals surface area contributed by atoms with Gasteiger partial charge in [0.25, 0.3) is 0 Å². The fraction of sp³-hybridized carbons (Fsp3) is 0.571. The minimum absolute atomic E-state index is 0.130. The van der Waals surface area contributed by atoms with E-state index >= 15 is 0 Å². The van der Waals surface area contributed by atoms with Crippen LogP contribution >= 0.6 is 0 Å². The topological polar surface area (TPSA) is 57.0 Å². The third kappa shape index (κ3) is 7.64. The Morgan fingerprint density at radius 1 is 1.03 bits per heavy atom. The zero-order valence-corrected chi connectivity index (χ0v) is 21.2. The summed E-state index contributed by atoms with van der Waals surface area (Å²) in [4.78, 5) is 6.36. The summed E-state index contributed by atoms with van der Waals surface area (Å²) >= 11 is 0. The van der Waals surface area contributed by atoms with Gasteiger partial charge in [0, 0.05) is 44.8 Å². The molecular weight excluding hydrogens is 443 g/mol. The number of quaternary nitrogens is 2. The number of halogens is 1. The van der Waals surface area contributed by atoms with Crippen LogP contribution in [0.2, 0.25) is 0 Å². The molecule has 4 N–H and O–H groups in total. The number of ether oxygens (including phenoxy) is 1. The Kier molecular flexibility index (Phi) is 9.77. The Bertz CT molecular complexity index is 914. The van der Waals surface area contributed by atoms with E-state index in [2.05, 4.69) is 34.3 Å². The fourth-order valence-electron chi connectivity index (χ4n) is 5.18. The van der Waals surface area contributed by atoms with Gasteiger partial charge >= 0.3 is 0 Å². The van der Waals surface area contributed by atoms with Gasteiger partial charge in [0.2, 0.25) is 0 Å². The van der Waals surface area contributed by atoms with Crippen molar-refractivity contribution in [2.75, 3.05) is 70.9 Å². The van der Waals surface area contributed by atoms with E-state index in [4.69, 9.17) is 4.74 Å². The monoisotopic (exact) mass is 486 g/mol. The Morgan fingerprint density at radius 3 is 2.57 bits per heavy atom. The van der Waals surface area contributed by atoms with Gasteiger partial charge in [-0.15, -0.1) is 0 Å². The molecule has 2 saturated heterocycles. The minimum atomic E-state index is -0.509. The number of likely N-dealkylation sites (N-methyl/N-ethyl adjacent to an activating group) is 1. The highest BCUT2D eigenvalue weighted by Gasteiger charge is 2.22. The summed E-state index contributed by atoms with van der Waals surface area (Å²) in [5, 5.41) is 12.9. The van der Waals surface area contributed by atoms with Gasteiger partial charge in [-0.3, -0.25) is 4.90 Å². The number of rotatable bonds is 11. The molecule has 1 atom stereocenters. The quantitative estimate of drug-likeness (QED) is 0.409. The third-order valence-corrected chi connectivity index (χ3v) is 7.34. The molecule has 192 valence electrons. The molecule has 2 fully saturated rings. The average Bonchev–Trinajstić information content (AvgIpc) is 2.88. The zero-order valence-electron chi connectivity index (χ0n) is 21.2. The van der Waals surface area contributed by atoms with E-state index in [0.717, 1.165) is 63.7 Å². The number of anilines is 1. The van der Waals surface area contributed by atoms with Gasteiger partial charge in [0.1, 0.15) is 30.8 Å². The van der Waals surface area contributed by atoms with E-state index in [1.54, 1.807) is 11.0 Å². The number of hydrogen-bond acceptors (Lipinski definition) is 4. The average molecular weight is 487 g/mol. The lowest BCUT2D eigenvalue weighted by molar-refractivity contribution is -0.884. The Labute approximate surface area is 209 Å². The molecule has 0 saturated carbocycles. The van der Waals surface area contributed by atoms with E-state index in [1.807, 2.05) is 18.2 Å². The zero-order chi connectivity index (χ0) is 24.5. The molecule has 2 aliphatic heterocycles. The van der Waals surface area contributed by atoms with Crippen molar-refractivity contribution in [3.8, 4) is 5.75 Å². The fourth-order valence-corrected chi connectivity index (χ4v) is 5.18. The van der Waals surface area contributed by atoms with Crippen LogP contribution in [0.1, 0.15) is 30.4 Å². The van der Waals surface area contributed by atoms with Crippen molar-refractivity contribution in [2.24, 2.45) is 0 Å². The molecule has 0 radical (unpaired) electrons. The van der Waals surface area contributed by atoms with Crippen LogP contribution in [0.3, 0.4) is 0 Å². The number of aliphatic hydroxyl groups excluding tert-OH is 1. The van der Waals surface area contributed by atoms with Crippen molar-refractivity contribution >= 4 is 5.69 Å². The van der Waals surface area contributed by atoms with Gasteiger partial charge in [0.05, 0.1) is 32.2 Å². The highest BCUT2D eigenvalue weighted by atomic mass is 19.1. The van der Waals surface area contributed by atoms with Crippen LogP contribution < -0.4 is 19.9 Å². The lowest BCUT2D eigenvalue weighted by atomic mass is 10.1. The second kappa shape index (κ2) is 13.2. The molecule has 2 heterocycles. The Balaban J connectivity index is 1.38. The summed E-state index contributed by atoms with van der Waals surface area (Å²) in [7, 11) is 2.22. The first-order valence-corrected chi connectivity index (χ1v) is 13.4. The summed E-state index contributed by atoms with van der Waals surface area (Å²) in [6.07, 6.45) is 3.90. The predicted octanol–water partition coefficient (Wildman–Crippen LogP) is 0.692. The summed E-state index contributed by atoms with van der Waals surface area (Å²) in [5.41, 5.74) is 3.18. The lowest BCUT2D eigenvalue weighted by Gasteiger charge is -2.32. The second-order valence-corrected chi connectivity index (χ2v) is 10.1. The van der Waals surface area contributed by atoms with Crippen molar-refractivity contribution in [1.82, 2.24) is 4.90 Å². The standard InChI is InChI=1S/C28H41FN4O2/c1-31-16-18-32(19-17-31)21-24(34)22-35-28-11-7-10-27(33-14-5-2-6-15-33)25(28)20-30-13-12-23-8-3-4-9-26(23)29/h3-4,7-11,24,30,34H,2,5-6,12-22H2,1H3/p+2. The maximum Gasteiger partial charge on any atom is 0.130 e. The number of nitrogens with one attached hydrogen (secondary N) is 1. The van der Waals surface area contributed by atoms with E-state index in [0.29, 0.717) is 19.6 Å². The first-order valence-electron chi connectivity index (χ1n) is 13.4. The van der Waals surface area contributed by atoms with Gasteiger partial charge in [-0.25, -0.2) is 4.39 Å². The molecule has 7 heteroatoms. The number of benzene rings is 2. The van der Waals surface area contributed by atoms with Gasteiger partial charge in [0.15, 0.2) is 0 Å². The molecule has 2 aliphatic rings. The molecular formula is C28H43FN4O2+2. The molecule has 0 bridgehead atoms. The predicted molar refractivity (Wildman–Crippen MR) is 138 cm³/mol. The summed E-state index contributed by atoms with van der Waals surface area (Å²) in [5.74, 6) is 0.728. The van der Waals surface area contributed by atoms with E-state index in [-0.39, 0.29) is 5.82 Å². The first-order chi connectivity index (χ1) is 17.1. The molecule has 0 aliphatic carbocycles. The number of nitrogens with zero attached hydrogens (tertiary/aromatic N) is 2. The van der Waals surface area contributed by atoms with Crippen molar-refractivity contribution in [1.29, 1.82) is 0 Å². The van der Waals surface area contributed by atoms with Crippen molar-refractivity contribution in [3.63, 3.8) is 0 Å². The molecule has 4 rings (SSSR count). The minimum Gasteiger partial charge on any atom is -0.490 e. The summed E-state index contributed by atoms with van der Waals surface area (Å²) < 4.78 is 20.2. The van der Waals surface area contributed by atoms with Crippen molar-refractivity contribution in [2.45, 2.75) is 38.3 Å². The molecule has 2 aromatic rings. The van der Waals surface area contributed by atoms with E-state index in [9.17, 15) is 9.50 Å². The Hall–Kier alpha value is -2.19. The Morgan fingerprint density at radius 2 is 1.80 bits per heavy atom. The van der Waals surface area contributed by atoms with Crippen molar-refractivity contribution < 1.29 is 24.5 Å². The molecule has 2 aromatic carbocycles. The number of nitrogens with two attached hydrogens (primary N) is 1. The highest BCUT2D eigenvalue weighted by Crippen LogP contribution is 2.31. The SMILES string of the molecule is C[NH+]1CCN(CC(O)COc2cccc(N3CCCCC3)c2C[NH2+]CCc2ccccc2F)CC1. The first kappa shape index (κ1) is 25.9. The number of β-amino-alcohol motifs (C(OH)–C–C–N with tert-alkyl or cyclic N) is 1. The van der Waals surface area contributed by atoms with Crippen LogP contribution in [-0.4, -0.2) is 82.1 Å². The largest absolute Gasteiger partial charge is 0.490 e. The maximum absolute atomic E-state index is 14.0. The van der Waals surface area contributed by atoms with E-state index in [1.165, 1.54) is 36.6 Å². The molecule has 0 amide bonds. The smallest absolute Gasteiger partial charge is 0.130 e. The number of aliphatic hydroxyl groups is 1. The molecule has 35 heavy (non-hydrogen) atoms. The number of piperidine rings is 1. The van der Waals surface area contributed by atoms with Gasteiger partial charge < -0.3 is 25.0 Å². The lowest BCUT2D eigenvalue weighted by Crippen LogP contribution is -3.12. The van der Waals surface area contributed by atoms with Crippen LogP contribution in [0.5, 0.6) is 5.75 Å². The van der Waals surface area contributed by atoms with Crippen LogP contribution in [0, 0.1) is 5.82 Å². The van der Waals surface area contributed by atoms with Crippen LogP contribution in [0.25, 0.3) is 0 Å². The van der Waals surface area contributed by atoms with Gasteiger partial charge in [-0.2, -0.15) is 0 Å². The second-order valence-electron chi connectivity index (χ2n) is 10.1.